The number of nitrogens with one attached hydrogen (secondary N) is 1. The number of imidazole rings is 1. The maximum absolute atomic E-state index is 12.9. The molecule has 0 bridgehead atoms. The molecule has 162 valence electrons. The van der Waals surface area contributed by atoms with E-state index in [2.05, 4.69) is 5.32 Å². The molecular weight excluding hydrogens is 481 g/mol. The molecule has 0 fully saturated rings. The number of thiazole rings is 1. The summed E-state index contributed by atoms with van der Waals surface area (Å²) in [5.74, 6) is -1.95. The van der Waals surface area contributed by atoms with Gasteiger partial charge in [-0.05, 0) is 13.8 Å². The van der Waals surface area contributed by atoms with Crippen LogP contribution in [0, 0.1) is 0 Å². The summed E-state index contributed by atoms with van der Waals surface area (Å²) >= 11 is 15.6. The van der Waals surface area contributed by atoms with E-state index in [1.165, 1.54) is 36.9 Å². The maximum Gasteiger partial charge on any atom is 0.336 e. The van der Waals surface area contributed by atoms with Crippen LogP contribution in [-0.4, -0.2) is 35.5 Å². The number of allylic oxidation sites excluding steroid dienone is 2. The lowest BCUT2D eigenvalue weighted by Crippen LogP contribution is -2.32. The van der Waals surface area contributed by atoms with Gasteiger partial charge in [0.1, 0.15) is 4.34 Å². The first-order valence-electron chi connectivity index (χ1n) is 9.03. The second kappa shape index (κ2) is 8.31. The van der Waals surface area contributed by atoms with Gasteiger partial charge in [-0.3, -0.25) is 4.40 Å². The van der Waals surface area contributed by atoms with Crippen LogP contribution < -0.4 is 5.32 Å². The van der Waals surface area contributed by atoms with E-state index in [1.54, 1.807) is 19.2 Å². The van der Waals surface area contributed by atoms with Gasteiger partial charge in [0.05, 0.1) is 53.3 Å². The second-order valence-electron chi connectivity index (χ2n) is 6.75. The molecule has 1 N–H and O–H groups in total. The number of rotatable bonds is 4. The molecule has 3 aromatic heterocycles. The molecule has 1 aliphatic rings. The molecule has 31 heavy (non-hydrogen) atoms. The highest BCUT2D eigenvalue weighted by Crippen LogP contribution is 2.47. The number of ether oxygens (including phenoxy) is 2. The number of methoxy groups -OCH3 is 2. The molecule has 0 spiro atoms. The fourth-order valence-corrected chi connectivity index (χ4v) is 5.93. The second-order valence-corrected chi connectivity index (χ2v) is 9.51. The minimum atomic E-state index is -0.812. The van der Waals surface area contributed by atoms with E-state index in [-0.39, 0.29) is 11.1 Å². The number of dihydropyridines is 1. The van der Waals surface area contributed by atoms with E-state index in [9.17, 15) is 9.59 Å². The number of carbonyl (C=O) groups is 2. The van der Waals surface area contributed by atoms with Crippen LogP contribution in [0.15, 0.2) is 39.5 Å². The number of thiophene rings is 1. The Labute approximate surface area is 195 Å². The fourth-order valence-electron chi connectivity index (χ4n) is 3.81. The van der Waals surface area contributed by atoms with Gasteiger partial charge in [-0.2, -0.15) is 0 Å². The van der Waals surface area contributed by atoms with E-state index < -0.39 is 17.9 Å². The van der Waals surface area contributed by atoms with Crippen LogP contribution in [0.5, 0.6) is 0 Å². The molecule has 4 heterocycles. The number of aromatic nitrogens is 2. The number of carbonyl (C=O) groups excluding carboxylic acids is 2. The monoisotopic (exact) mass is 497 g/mol. The van der Waals surface area contributed by atoms with Crippen LogP contribution in [0.2, 0.25) is 9.36 Å². The Balaban J connectivity index is 2.11. The minimum Gasteiger partial charge on any atom is -0.466 e. The first-order valence-corrected chi connectivity index (χ1v) is 11.5. The van der Waals surface area contributed by atoms with Crippen molar-refractivity contribution < 1.29 is 19.1 Å². The first kappa shape index (κ1) is 21.9. The summed E-state index contributed by atoms with van der Waals surface area (Å²) in [5, 5.41) is 7.14. The highest BCUT2D eigenvalue weighted by molar-refractivity contribution is 7.16. The standard InChI is InChI=1S/C20H17Cl2N3O4S2/c1-8-11(18(26)28-3)14(12(9(2)23-8)19(27)29-4)16-15(13-10(21)7-31-17(13)22)24-20-25(16)5-6-30-20/h5-7,14,23H,1-4H3. The number of hydrogen-bond donors (Lipinski definition) is 1. The lowest BCUT2D eigenvalue weighted by Gasteiger charge is -2.30. The summed E-state index contributed by atoms with van der Waals surface area (Å²) in [5.41, 5.74) is 3.34. The molecule has 4 rings (SSSR count). The zero-order chi connectivity index (χ0) is 22.4. The molecular formula is C20H17Cl2N3O4S2. The number of nitrogens with zero attached hydrogens (tertiary/aromatic N) is 2. The summed E-state index contributed by atoms with van der Waals surface area (Å²) in [6.07, 6.45) is 1.83. The van der Waals surface area contributed by atoms with Crippen LogP contribution in [0.25, 0.3) is 16.2 Å². The van der Waals surface area contributed by atoms with Crippen molar-refractivity contribution in [1.29, 1.82) is 0 Å². The van der Waals surface area contributed by atoms with Crippen molar-refractivity contribution in [3.05, 3.63) is 54.6 Å². The Bertz CT molecular complexity index is 1230. The maximum atomic E-state index is 12.9. The van der Waals surface area contributed by atoms with Crippen LogP contribution in [0.4, 0.5) is 0 Å². The average molecular weight is 498 g/mol. The van der Waals surface area contributed by atoms with E-state index in [1.807, 2.05) is 16.0 Å². The van der Waals surface area contributed by atoms with Crippen LogP contribution in [0.1, 0.15) is 25.5 Å². The molecule has 0 radical (unpaired) electrons. The highest BCUT2D eigenvalue weighted by atomic mass is 35.5. The summed E-state index contributed by atoms with van der Waals surface area (Å²) in [7, 11) is 2.60. The minimum absolute atomic E-state index is 0.283. The average Bonchev–Trinajstić information content (AvgIpc) is 3.40. The SMILES string of the molecule is COC(=O)C1=C(C)NC(C)=C(C(=O)OC)C1c1c(-c2c(Cl)csc2Cl)nc2sccn12. The Morgan fingerprint density at radius 1 is 1.10 bits per heavy atom. The third-order valence-electron chi connectivity index (χ3n) is 5.08. The van der Waals surface area contributed by atoms with E-state index in [0.29, 0.717) is 42.7 Å². The van der Waals surface area contributed by atoms with Crippen LogP contribution in [0.3, 0.4) is 0 Å². The number of hydrogen-bond acceptors (Lipinski definition) is 8. The zero-order valence-electron chi connectivity index (χ0n) is 16.9. The molecule has 7 nitrogen and oxygen atoms in total. The van der Waals surface area contributed by atoms with Gasteiger partial charge in [-0.15, -0.1) is 22.7 Å². The van der Waals surface area contributed by atoms with Gasteiger partial charge >= 0.3 is 11.9 Å². The van der Waals surface area contributed by atoms with Crippen molar-refractivity contribution in [2.24, 2.45) is 0 Å². The van der Waals surface area contributed by atoms with Crippen molar-refractivity contribution in [2.75, 3.05) is 14.2 Å². The molecule has 0 aliphatic carbocycles. The molecule has 0 saturated heterocycles. The molecule has 3 aromatic rings. The van der Waals surface area contributed by atoms with Crippen molar-refractivity contribution in [3.63, 3.8) is 0 Å². The van der Waals surface area contributed by atoms with E-state index >= 15 is 0 Å². The third-order valence-corrected chi connectivity index (χ3v) is 7.49. The quantitative estimate of drug-likeness (QED) is 0.510. The molecule has 1 aliphatic heterocycles. The molecule has 0 aromatic carbocycles. The topological polar surface area (TPSA) is 81.9 Å². The smallest absolute Gasteiger partial charge is 0.336 e. The molecule has 0 atom stereocenters. The van der Waals surface area contributed by atoms with Gasteiger partial charge in [-0.25, -0.2) is 14.6 Å². The van der Waals surface area contributed by atoms with Crippen LogP contribution in [-0.2, 0) is 19.1 Å². The number of esters is 2. The van der Waals surface area contributed by atoms with E-state index in [4.69, 9.17) is 37.7 Å². The molecule has 0 amide bonds. The predicted octanol–water partition coefficient (Wildman–Crippen LogP) is 5.01. The molecule has 11 heteroatoms. The lowest BCUT2D eigenvalue weighted by atomic mass is 9.81. The van der Waals surface area contributed by atoms with Gasteiger partial charge in [-0.1, -0.05) is 23.2 Å². The normalized spacial score (nSPS) is 14.9. The zero-order valence-corrected chi connectivity index (χ0v) is 20.1. The van der Waals surface area contributed by atoms with Gasteiger partial charge in [0, 0.05) is 28.4 Å². The van der Waals surface area contributed by atoms with Crippen molar-refractivity contribution in [2.45, 2.75) is 19.8 Å². The summed E-state index contributed by atoms with van der Waals surface area (Å²) in [6.45, 7) is 3.51. The van der Waals surface area contributed by atoms with Gasteiger partial charge in [0.15, 0.2) is 4.96 Å². The Hall–Kier alpha value is -2.33. The number of fused-ring (bicyclic) bond motifs is 1. The Kier molecular flexibility index (Phi) is 5.87. The lowest BCUT2D eigenvalue weighted by molar-refractivity contribution is -0.137. The number of halogens is 2. The summed E-state index contributed by atoms with van der Waals surface area (Å²) in [6, 6.07) is 0. The highest BCUT2D eigenvalue weighted by Gasteiger charge is 2.41. The summed E-state index contributed by atoms with van der Waals surface area (Å²) < 4.78 is 12.4. The van der Waals surface area contributed by atoms with Crippen molar-refractivity contribution >= 4 is 62.8 Å². The Morgan fingerprint density at radius 3 is 2.23 bits per heavy atom. The third kappa shape index (κ3) is 3.45. The largest absolute Gasteiger partial charge is 0.466 e. The van der Waals surface area contributed by atoms with Crippen molar-refractivity contribution in [3.8, 4) is 11.3 Å². The van der Waals surface area contributed by atoms with Gasteiger partial charge in [0.25, 0.3) is 0 Å². The van der Waals surface area contributed by atoms with Crippen molar-refractivity contribution in [1.82, 2.24) is 14.7 Å². The van der Waals surface area contributed by atoms with Gasteiger partial charge < -0.3 is 14.8 Å². The van der Waals surface area contributed by atoms with E-state index in [0.717, 1.165) is 0 Å². The predicted molar refractivity (Wildman–Crippen MR) is 122 cm³/mol. The molecule has 0 unspecified atom stereocenters. The van der Waals surface area contributed by atoms with Crippen LogP contribution >= 0.6 is 45.9 Å². The fraction of sp³-hybridized carbons (Fsp3) is 0.250. The van der Waals surface area contributed by atoms with Gasteiger partial charge in [0.2, 0.25) is 0 Å². The Morgan fingerprint density at radius 2 is 1.71 bits per heavy atom. The molecule has 0 saturated carbocycles. The summed E-state index contributed by atoms with van der Waals surface area (Å²) in [4.78, 5) is 31.2. The first-order chi connectivity index (χ1) is 14.8.